The molecule has 3 heterocycles. The number of ether oxygens (including phenoxy) is 1. The maximum Gasteiger partial charge on any atom is 0.246 e. The number of carbonyl (C=O) groups excluding carboxylic acids is 3. The number of nitriles is 1. The minimum atomic E-state index is -0.727. The van der Waals surface area contributed by atoms with Gasteiger partial charge in [-0.3, -0.25) is 14.4 Å². The number of hydrogen-bond donors (Lipinski definition) is 2. The van der Waals surface area contributed by atoms with Gasteiger partial charge in [-0.15, -0.1) is 0 Å². The van der Waals surface area contributed by atoms with E-state index < -0.39 is 23.5 Å². The quantitative estimate of drug-likeness (QED) is 0.616. The Morgan fingerprint density at radius 1 is 1.12 bits per heavy atom. The van der Waals surface area contributed by atoms with Gasteiger partial charge in [-0.1, -0.05) is 41.5 Å². The first-order chi connectivity index (χ1) is 15.9. The highest BCUT2D eigenvalue weighted by molar-refractivity contribution is 5.94. The molecule has 8 heteroatoms. The SMILES string of the molecule is CC[C@@H](C#N)NC(=O)[C@@H]1[C@@H]2[C@H](CN1C(=O)[C@@H](NC(=O)C1CC3CCC(C1)O3)C(C)(C)C)C2(C)C. The second kappa shape index (κ2) is 8.82. The van der Waals surface area contributed by atoms with Crippen molar-refractivity contribution in [3.8, 4) is 6.07 Å². The van der Waals surface area contributed by atoms with Crippen LogP contribution in [-0.2, 0) is 19.1 Å². The van der Waals surface area contributed by atoms with E-state index in [0.29, 0.717) is 25.8 Å². The molecule has 0 aromatic heterocycles. The fourth-order valence-electron chi connectivity index (χ4n) is 6.44. The minimum absolute atomic E-state index is 0.0189. The van der Waals surface area contributed by atoms with Crippen LogP contribution >= 0.6 is 0 Å². The van der Waals surface area contributed by atoms with Crippen molar-refractivity contribution in [3.05, 3.63) is 0 Å². The molecule has 0 aromatic rings. The van der Waals surface area contributed by atoms with E-state index in [-0.39, 0.29) is 53.1 Å². The summed E-state index contributed by atoms with van der Waals surface area (Å²) in [6.45, 7) is 12.5. The highest BCUT2D eigenvalue weighted by atomic mass is 16.5. The van der Waals surface area contributed by atoms with Gasteiger partial charge in [-0.25, -0.2) is 0 Å². The average molecular weight is 473 g/mol. The zero-order valence-corrected chi connectivity index (χ0v) is 21.4. The number of likely N-dealkylation sites (tertiary alicyclic amines) is 1. The van der Waals surface area contributed by atoms with Crippen molar-refractivity contribution in [1.82, 2.24) is 15.5 Å². The van der Waals surface area contributed by atoms with Crippen LogP contribution in [0.5, 0.6) is 0 Å². The number of rotatable bonds is 6. The smallest absolute Gasteiger partial charge is 0.246 e. The van der Waals surface area contributed by atoms with Crippen LogP contribution in [0.4, 0.5) is 0 Å². The monoisotopic (exact) mass is 472 g/mol. The van der Waals surface area contributed by atoms with Crippen molar-refractivity contribution in [2.75, 3.05) is 6.54 Å². The molecule has 1 saturated carbocycles. The molecule has 7 atom stereocenters. The number of fused-ring (bicyclic) bond motifs is 3. The molecule has 2 N–H and O–H groups in total. The normalized spacial score (nSPS) is 35.0. The van der Waals surface area contributed by atoms with E-state index in [2.05, 4.69) is 30.6 Å². The maximum absolute atomic E-state index is 13.9. The van der Waals surface area contributed by atoms with Crippen LogP contribution in [0.3, 0.4) is 0 Å². The van der Waals surface area contributed by atoms with Gasteiger partial charge in [-0.2, -0.15) is 5.26 Å². The second-order valence-electron chi connectivity index (χ2n) is 12.4. The van der Waals surface area contributed by atoms with Crippen LogP contribution in [0.15, 0.2) is 0 Å². The Labute approximate surface area is 203 Å². The number of nitrogens with zero attached hydrogens (tertiary/aromatic N) is 2. The fraction of sp³-hybridized carbons (Fsp3) is 0.846. The molecule has 4 rings (SSSR count). The molecule has 3 aliphatic heterocycles. The third-order valence-corrected chi connectivity index (χ3v) is 8.70. The molecule has 0 aromatic carbocycles. The Balaban J connectivity index is 1.51. The van der Waals surface area contributed by atoms with Crippen molar-refractivity contribution in [1.29, 1.82) is 5.26 Å². The van der Waals surface area contributed by atoms with Crippen LogP contribution in [0, 0.1) is 39.9 Å². The number of piperidine rings is 1. The predicted molar refractivity (Wildman–Crippen MR) is 126 cm³/mol. The van der Waals surface area contributed by atoms with Gasteiger partial charge in [0, 0.05) is 12.5 Å². The van der Waals surface area contributed by atoms with Crippen LogP contribution in [0.25, 0.3) is 0 Å². The Morgan fingerprint density at radius 2 is 1.74 bits per heavy atom. The fourth-order valence-corrected chi connectivity index (χ4v) is 6.44. The summed E-state index contributed by atoms with van der Waals surface area (Å²) in [5, 5.41) is 15.2. The number of nitrogens with one attached hydrogen (secondary N) is 2. The molecule has 2 bridgehead atoms. The van der Waals surface area contributed by atoms with Gasteiger partial charge < -0.3 is 20.3 Å². The van der Waals surface area contributed by atoms with Gasteiger partial charge in [0.2, 0.25) is 17.7 Å². The molecule has 0 radical (unpaired) electrons. The van der Waals surface area contributed by atoms with Crippen molar-refractivity contribution in [2.45, 2.75) is 104 Å². The van der Waals surface area contributed by atoms with Gasteiger partial charge in [0.1, 0.15) is 18.1 Å². The number of carbonyl (C=O) groups is 3. The Kier molecular flexibility index (Phi) is 6.48. The van der Waals surface area contributed by atoms with E-state index in [1.807, 2.05) is 27.7 Å². The standard InChI is InChI=1S/C26H40N4O4/c1-7-15(12-27)28-23(32)20-19-18(26(19,5)6)13-30(20)24(33)21(25(2,3)4)29-22(31)14-10-16-8-9-17(11-14)34-16/h14-21H,7-11,13H2,1-6H3,(H,28,32)(H,29,31)/t14?,15-,16?,17?,18-,19-,20-,21+/m0/s1. The largest absolute Gasteiger partial charge is 0.375 e. The molecule has 4 aliphatic rings. The summed E-state index contributed by atoms with van der Waals surface area (Å²) in [6, 6.07) is 0.199. The van der Waals surface area contributed by atoms with E-state index in [4.69, 9.17) is 4.74 Å². The zero-order chi connectivity index (χ0) is 25.0. The average Bonchev–Trinajstić information content (AvgIpc) is 3.10. The lowest BCUT2D eigenvalue weighted by molar-refractivity contribution is -0.147. The Bertz CT molecular complexity index is 876. The molecule has 4 fully saturated rings. The molecular formula is C26H40N4O4. The van der Waals surface area contributed by atoms with Gasteiger partial charge in [0.15, 0.2) is 0 Å². The molecule has 1 aliphatic carbocycles. The molecular weight excluding hydrogens is 432 g/mol. The van der Waals surface area contributed by atoms with Gasteiger partial charge in [0.25, 0.3) is 0 Å². The summed E-state index contributed by atoms with van der Waals surface area (Å²) < 4.78 is 5.88. The number of hydrogen-bond acceptors (Lipinski definition) is 5. The lowest BCUT2D eigenvalue weighted by Gasteiger charge is -2.38. The highest BCUT2D eigenvalue weighted by Gasteiger charge is 2.69. The van der Waals surface area contributed by atoms with Crippen LogP contribution in [-0.4, -0.2) is 59.5 Å². The highest BCUT2D eigenvalue weighted by Crippen LogP contribution is 2.65. The van der Waals surface area contributed by atoms with Crippen LogP contribution in [0.1, 0.15) is 73.6 Å². The topological polar surface area (TPSA) is 112 Å². The second-order valence-corrected chi connectivity index (χ2v) is 12.4. The molecule has 3 amide bonds. The first kappa shape index (κ1) is 25.0. The maximum atomic E-state index is 13.9. The van der Waals surface area contributed by atoms with E-state index in [1.165, 1.54) is 0 Å². The van der Waals surface area contributed by atoms with E-state index in [0.717, 1.165) is 12.8 Å². The Morgan fingerprint density at radius 3 is 2.26 bits per heavy atom. The summed E-state index contributed by atoms with van der Waals surface area (Å²) in [7, 11) is 0. The van der Waals surface area contributed by atoms with Gasteiger partial charge in [-0.05, 0) is 54.8 Å². The van der Waals surface area contributed by atoms with E-state index >= 15 is 0 Å². The Hall–Kier alpha value is -2.14. The first-order valence-electron chi connectivity index (χ1n) is 12.8. The lowest BCUT2D eigenvalue weighted by Crippen LogP contribution is -2.60. The van der Waals surface area contributed by atoms with E-state index in [9.17, 15) is 19.6 Å². The summed E-state index contributed by atoms with van der Waals surface area (Å²) in [4.78, 5) is 42.1. The minimum Gasteiger partial charge on any atom is -0.375 e. The van der Waals surface area contributed by atoms with Gasteiger partial charge in [0.05, 0.1) is 18.3 Å². The molecule has 34 heavy (non-hydrogen) atoms. The predicted octanol–water partition coefficient (Wildman–Crippen LogP) is 2.38. The molecule has 8 nitrogen and oxygen atoms in total. The van der Waals surface area contributed by atoms with Crippen molar-refractivity contribution >= 4 is 17.7 Å². The lowest BCUT2D eigenvalue weighted by atomic mass is 9.84. The summed E-state index contributed by atoms with van der Waals surface area (Å²) in [6.07, 6.45) is 4.20. The third-order valence-electron chi connectivity index (χ3n) is 8.70. The molecule has 3 saturated heterocycles. The van der Waals surface area contributed by atoms with Crippen LogP contribution in [0.2, 0.25) is 0 Å². The number of amides is 3. The summed E-state index contributed by atoms with van der Waals surface area (Å²) in [5.74, 6) is -0.389. The zero-order valence-electron chi connectivity index (χ0n) is 21.4. The van der Waals surface area contributed by atoms with Crippen LogP contribution < -0.4 is 10.6 Å². The molecule has 188 valence electrons. The van der Waals surface area contributed by atoms with Gasteiger partial charge >= 0.3 is 0 Å². The first-order valence-corrected chi connectivity index (χ1v) is 12.8. The molecule has 2 unspecified atom stereocenters. The van der Waals surface area contributed by atoms with Crippen molar-refractivity contribution < 1.29 is 19.1 Å². The van der Waals surface area contributed by atoms with Crippen molar-refractivity contribution in [2.24, 2.45) is 28.6 Å². The summed E-state index contributed by atoms with van der Waals surface area (Å²) >= 11 is 0. The summed E-state index contributed by atoms with van der Waals surface area (Å²) in [5.41, 5.74) is -0.534. The third kappa shape index (κ3) is 4.44. The van der Waals surface area contributed by atoms with Crippen molar-refractivity contribution in [3.63, 3.8) is 0 Å². The van der Waals surface area contributed by atoms with E-state index in [1.54, 1.807) is 4.90 Å². The molecule has 0 spiro atoms.